The first kappa shape index (κ1) is 41.4. The first-order valence-electron chi connectivity index (χ1n) is 18.7. The van der Waals surface area contributed by atoms with Crippen molar-refractivity contribution in [3.63, 3.8) is 0 Å². The first-order valence-corrected chi connectivity index (χ1v) is 18.7. The summed E-state index contributed by atoms with van der Waals surface area (Å²) in [6.07, 6.45) is 11.2. The molecule has 0 spiro atoms. The van der Waals surface area contributed by atoms with Gasteiger partial charge in [-0.1, -0.05) is 116 Å². The summed E-state index contributed by atoms with van der Waals surface area (Å²) in [5.41, 5.74) is 21.7. The van der Waals surface area contributed by atoms with Gasteiger partial charge in [0.05, 0.1) is 5.54 Å². The molecule has 1 aromatic heterocycles. The number of para-hydroxylation sites is 1. The number of rotatable bonds is 3. The van der Waals surface area contributed by atoms with E-state index in [1.807, 2.05) is 74.5 Å². The number of aryl methyl sites for hydroxylation is 6. The Kier molecular flexibility index (Phi) is 14.0. The second kappa shape index (κ2) is 17.6. The van der Waals surface area contributed by atoms with Gasteiger partial charge in [0.2, 0.25) is 0 Å². The molecule has 4 aliphatic rings. The zero-order valence-electron chi connectivity index (χ0n) is 32.5. The molecule has 1 heterocycles. The van der Waals surface area contributed by atoms with Gasteiger partial charge in [-0.15, -0.1) is 5.73 Å². The minimum Gasteiger partial charge on any atom is -0.872 e. The molecule has 5 aromatic rings. The minimum atomic E-state index is -0.207. The van der Waals surface area contributed by atoms with Crippen LogP contribution in [0.15, 0.2) is 97.3 Å². The molecule has 0 amide bonds. The van der Waals surface area contributed by atoms with E-state index in [1.54, 1.807) is 12.4 Å². The Balaban J connectivity index is 0.000000183. The normalized spacial score (nSPS) is 21.0. The SMILES string of the molecule is Cc1cc(C)c(-c2cccc(-c3c(C)cc(C)cc3C)c2[O-])c(C)c1.[CH]C(C)(C)c1ccccc1.[Mo+2].[N]C12CC3CC(CC(C3)C1)C2.c1cc[n-]c1. The van der Waals surface area contributed by atoms with Crippen LogP contribution in [0.2, 0.25) is 0 Å². The van der Waals surface area contributed by atoms with Crippen molar-refractivity contribution in [1.29, 1.82) is 0 Å². The van der Waals surface area contributed by atoms with Crippen molar-refractivity contribution in [2.75, 3.05) is 0 Å². The molecular weight excluding hydrogens is 716 g/mol. The van der Waals surface area contributed by atoms with Crippen molar-refractivity contribution in [1.82, 2.24) is 10.7 Å². The Hall–Kier alpha value is -3.39. The molecule has 4 fully saturated rings. The molecule has 52 heavy (non-hydrogen) atoms. The molecule has 0 unspecified atom stereocenters. The van der Waals surface area contributed by atoms with Crippen LogP contribution in [-0.2, 0) is 26.5 Å². The Labute approximate surface area is 329 Å². The number of hydrogen-bond acceptors (Lipinski definition) is 1. The molecular formula is C48H56MoN2O. The predicted molar refractivity (Wildman–Crippen MR) is 212 cm³/mol. The van der Waals surface area contributed by atoms with Crippen LogP contribution in [0.1, 0.15) is 91.3 Å². The average Bonchev–Trinajstić information content (AvgIpc) is 3.62. The summed E-state index contributed by atoms with van der Waals surface area (Å²) in [5.74, 6) is 2.80. The molecule has 9 rings (SSSR count). The van der Waals surface area contributed by atoms with Crippen LogP contribution in [0.3, 0.4) is 0 Å². The van der Waals surface area contributed by atoms with Gasteiger partial charge in [0.15, 0.2) is 0 Å². The number of benzene rings is 4. The van der Waals surface area contributed by atoms with Gasteiger partial charge in [0.1, 0.15) is 0 Å². The van der Waals surface area contributed by atoms with Crippen molar-refractivity contribution in [2.45, 2.75) is 105 Å². The van der Waals surface area contributed by atoms with Crippen molar-refractivity contribution >= 4 is 0 Å². The molecule has 4 aliphatic carbocycles. The van der Waals surface area contributed by atoms with Gasteiger partial charge in [0, 0.05) is 0 Å². The fourth-order valence-corrected chi connectivity index (χ4v) is 9.32. The fourth-order valence-electron chi connectivity index (χ4n) is 9.32. The summed E-state index contributed by atoms with van der Waals surface area (Å²) >= 11 is 0. The third-order valence-electron chi connectivity index (χ3n) is 10.9. The van der Waals surface area contributed by atoms with Crippen molar-refractivity contribution in [2.24, 2.45) is 17.8 Å². The molecule has 270 valence electrons. The second-order valence-electron chi connectivity index (χ2n) is 16.3. The zero-order valence-corrected chi connectivity index (χ0v) is 34.5. The van der Waals surface area contributed by atoms with Crippen LogP contribution in [0, 0.1) is 66.2 Å². The first-order chi connectivity index (χ1) is 24.1. The van der Waals surface area contributed by atoms with Crippen LogP contribution < -0.4 is 15.8 Å². The van der Waals surface area contributed by atoms with E-state index in [-0.39, 0.29) is 37.8 Å². The van der Waals surface area contributed by atoms with E-state index < -0.39 is 0 Å². The number of aromatic nitrogens is 1. The fraction of sp³-hybridized carbons (Fsp3) is 0.396. The van der Waals surface area contributed by atoms with Gasteiger partial charge in [-0.25, -0.2) is 0 Å². The number of hydrogen-bond donors (Lipinski definition) is 0. The van der Waals surface area contributed by atoms with Gasteiger partial charge < -0.3 is 10.1 Å². The molecule has 4 heteroatoms. The smallest absolute Gasteiger partial charge is 0.872 e. The molecule has 3 nitrogen and oxygen atoms in total. The van der Waals surface area contributed by atoms with Crippen molar-refractivity contribution in [3.05, 3.63) is 143 Å². The maximum Gasteiger partial charge on any atom is 2.00 e. The largest absolute Gasteiger partial charge is 2.00 e. The topological polar surface area (TPSA) is 59.5 Å². The minimum absolute atomic E-state index is 0. The zero-order chi connectivity index (χ0) is 36.9. The van der Waals surface area contributed by atoms with E-state index in [2.05, 4.69) is 70.8 Å². The van der Waals surface area contributed by atoms with Crippen LogP contribution in [0.25, 0.3) is 22.3 Å². The van der Waals surface area contributed by atoms with Gasteiger partial charge in [-0.05, 0) is 160 Å². The summed E-state index contributed by atoms with van der Waals surface area (Å²) in [7, 11) is 0. The van der Waals surface area contributed by atoms with E-state index in [0.29, 0.717) is 0 Å². The van der Waals surface area contributed by atoms with E-state index in [0.717, 1.165) is 81.5 Å². The summed E-state index contributed by atoms with van der Waals surface area (Å²) in [6, 6.07) is 28.4. The summed E-state index contributed by atoms with van der Waals surface area (Å²) in [5, 5.41) is 13.3. The molecule has 0 atom stereocenters. The molecule has 4 aromatic carbocycles. The van der Waals surface area contributed by atoms with Gasteiger partial charge >= 0.3 is 21.1 Å². The summed E-state index contributed by atoms with van der Waals surface area (Å²) < 4.78 is 0. The van der Waals surface area contributed by atoms with Crippen LogP contribution in [-0.4, -0.2) is 5.54 Å². The molecule has 4 saturated carbocycles. The molecule has 4 bridgehead atoms. The average molecular weight is 773 g/mol. The van der Waals surface area contributed by atoms with Crippen LogP contribution in [0.4, 0.5) is 0 Å². The predicted octanol–water partition coefficient (Wildman–Crippen LogP) is 11.3. The second-order valence-corrected chi connectivity index (χ2v) is 16.3. The van der Waals surface area contributed by atoms with E-state index in [9.17, 15) is 10.8 Å². The van der Waals surface area contributed by atoms with E-state index >= 15 is 0 Å². The van der Waals surface area contributed by atoms with E-state index in [1.165, 1.54) is 36.0 Å². The Bertz CT molecular complexity index is 1710. The van der Waals surface area contributed by atoms with Crippen molar-refractivity contribution < 1.29 is 26.2 Å². The molecule has 0 saturated heterocycles. The third kappa shape index (κ3) is 10.4. The third-order valence-corrected chi connectivity index (χ3v) is 10.9. The number of nitrogens with zero attached hydrogens (tertiary/aromatic N) is 2. The monoisotopic (exact) mass is 774 g/mol. The quantitative estimate of drug-likeness (QED) is 0.172. The molecule has 4 radical (unpaired) electrons. The van der Waals surface area contributed by atoms with E-state index in [4.69, 9.17) is 6.92 Å². The van der Waals surface area contributed by atoms with Gasteiger partial charge in [0.25, 0.3) is 0 Å². The molecule has 0 N–H and O–H groups in total. The summed E-state index contributed by atoms with van der Waals surface area (Å²) in [4.78, 5) is 3.72. The van der Waals surface area contributed by atoms with Gasteiger partial charge in [-0.2, -0.15) is 12.4 Å². The van der Waals surface area contributed by atoms with Crippen LogP contribution in [0.5, 0.6) is 5.75 Å². The van der Waals surface area contributed by atoms with Crippen LogP contribution >= 0.6 is 0 Å². The Morgan fingerprint density at radius 1 is 0.635 bits per heavy atom. The van der Waals surface area contributed by atoms with Gasteiger partial charge in [-0.3, -0.25) is 0 Å². The standard InChI is InChI=1S/C24H26O.C10H15N.C10H12.C4H4N.Mo/c1-14-10-16(3)22(17(4)11-14)20-8-7-9-21(24(20)25)23-18(5)12-15(2)13-19(23)6;11-10-4-7-1-8(5-10)3-9(2-7)6-10;1-10(2,3)9-7-5-4-6-8-9;1-2-4-5-3-1;/h7-13,25H,1-6H3;7-9H,1-6H2;1,4-8H,2-3H3;1-4H;/q;;;-1;+2/p-1. The Morgan fingerprint density at radius 2 is 1.02 bits per heavy atom. The Morgan fingerprint density at radius 3 is 1.31 bits per heavy atom. The maximum absolute atomic E-state index is 13.3. The molecule has 0 aliphatic heterocycles. The van der Waals surface area contributed by atoms with Crippen molar-refractivity contribution in [3.8, 4) is 28.0 Å². The summed E-state index contributed by atoms with van der Waals surface area (Å²) in [6.45, 7) is 22.4. The maximum atomic E-state index is 13.3.